The van der Waals surface area contributed by atoms with E-state index in [9.17, 15) is 13.2 Å². The summed E-state index contributed by atoms with van der Waals surface area (Å²) in [5.41, 5.74) is 1.07. The topological polar surface area (TPSA) is 51.2 Å². The molecule has 0 amide bonds. The lowest BCUT2D eigenvalue weighted by atomic mass is 9.96. The van der Waals surface area contributed by atoms with Crippen LogP contribution < -0.4 is 0 Å². The summed E-state index contributed by atoms with van der Waals surface area (Å²) >= 11 is 0. The molecule has 0 saturated carbocycles. The van der Waals surface area contributed by atoms with E-state index in [2.05, 4.69) is 30.3 Å². The highest BCUT2D eigenvalue weighted by Crippen LogP contribution is 2.26. The van der Waals surface area contributed by atoms with Gasteiger partial charge in [0.2, 0.25) is 0 Å². The van der Waals surface area contributed by atoms with Gasteiger partial charge in [-0.2, -0.15) is 0 Å². The fraction of sp³-hybridized carbons (Fsp3) is 0.375. The Kier molecular flexibility index (Phi) is 6.50. The molecule has 0 radical (unpaired) electrons. The molecule has 3 aromatic rings. The number of hydrogen-bond donors (Lipinski definition) is 0. The minimum absolute atomic E-state index is 0.215. The molecule has 3 rings (SSSR count). The molecule has 0 aliphatic rings. The molecular formula is C24H28O3S. The van der Waals surface area contributed by atoms with Crippen molar-refractivity contribution in [1.29, 1.82) is 0 Å². The lowest BCUT2D eigenvalue weighted by Crippen LogP contribution is -2.17. The molecule has 3 nitrogen and oxygen atoms in total. The third-order valence-corrected chi connectivity index (χ3v) is 7.62. The van der Waals surface area contributed by atoms with Gasteiger partial charge in [0.15, 0.2) is 9.84 Å². The molecule has 28 heavy (non-hydrogen) atoms. The molecule has 0 atom stereocenters. The molecule has 0 spiro atoms. The van der Waals surface area contributed by atoms with Crippen molar-refractivity contribution in [2.45, 2.75) is 51.2 Å². The van der Waals surface area contributed by atoms with Crippen LogP contribution >= 0.6 is 0 Å². The first kappa shape index (κ1) is 20.5. The molecule has 3 aromatic carbocycles. The fourth-order valence-corrected chi connectivity index (χ4v) is 4.60. The Hall–Kier alpha value is -2.20. The van der Waals surface area contributed by atoms with Crippen LogP contribution in [0.15, 0.2) is 54.6 Å². The molecule has 0 unspecified atom stereocenters. The number of unbranched alkanes of at least 4 members (excludes halogenated alkanes) is 2. The van der Waals surface area contributed by atoms with E-state index in [4.69, 9.17) is 0 Å². The van der Waals surface area contributed by atoms with Crippen molar-refractivity contribution in [2.75, 3.05) is 5.75 Å². The summed E-state index contributed by atoms with van der Waals surface area (Å²) in [4.78, 5) is 12.5. The SMILES string of the molecule is CC(C)S(=O)(=O)CCCCCC(=O)Cc1cccc2cc3ccccc3cc12. The number of fused-ring (bicyclic) bond motifs is 2. The second-order valence-corrected chi connectivity index (χ2v) is 10.5. The third kappa shape index (κ3) is 4.99. The standard InChI is InChI=1S/C24H28O3S/c1-18(2)28(26,27)14-7-3-4-13-23(25)16-22-12-8-11-21-15-19-9-5-6-10-20(19)17-24(21)22/h5-6,8-12,15,17-18H,3-4,7,13-14,16H2,1-2H3. The largest absolute Gasteiger partial charge is 0.299 e. The zero-order valence-corrected chi connectivity index (χ0v) is 17.5. The van der Waals surface area contributed by atoms with Gasteiger partial charge < -0.3 is 0 Å². The number of sulfone groups is 1. The van der Waals surface area contributed by atoms with Gasteiger partial charge in [0.1, 0.15) is 5.78 Å². The first-order valence-electron chi connectivity index (χ1n) is 10.0. The lowest BCUT2D eigenvalue weighted by Gasteiger charge is -2.09. The Bertz CT molecular complexity index is 1080. The molecule has 148 valence electrons. The molecular weight excluding hydrogens is 368 g/mol. The minimum Gasteiger partial charge on any atom is -0.299 e. The van der Waals surface area contributed by atoms with Gasteiger partial charge in [-0.05, 0) is 65.9 Å². The number of carbonyl (C=O) groups excluding carboxylic acids is 1. The molecule has 0 heterocycles. The maximum atomic E-state index is 12.5. The Morgan fingerprint density at radius 2 is 1.54 bits per heavy atom. The average molecular weight is 397 g/mol. The van der Waals surface area contributed by atoms with E-state index in [1.807, 2.05) is 24.3 Å². The first-order chi connectivity index (χ1) is 13.4. The lowest BCUT2D eigenvalue weighted by molar-refractivity contribution is -0.118. The monoisotopic (exact) mass is 396 g/mol. The van der Waals surface area contributed by atoms with Crippen LogP contribution in [0.2, 0.25) is 0 Å². The van der Waals surface area contributed by atoms with Crippen molar-refractivity contribution in [3.05, 3.63) is 60.2 Å². The molecule has 0 bridgehead atoms. The van der Waals surface area contributed by atoms with Crippen molar-refractivity contribution in [2.24, 2.45) is 0 Å². The molecule has 0 fully saturated rings. The molecule has 0 aliphatic carbocycles. The van der Waals surface area contributed by atoms with E-state index in [1.165, 1.54) is 10.8 Å². The second kappa shape index (κ2) is 8.87. The van der Waals surface area contributed by atoms with E-state index in [-0.39, 0.29) is 16.8 Å². The van der Waals surface area contributed by atoms with Crippen molar-refractivity contribution in [1.82, 2.24) is 0 Å². The van der Waals surface area contributed by atoms with Crippen molar-refractivity contribution >= 4 is 37.2 Å². The number of benzene rings is 3. The van der Waals surface area contributed by atoms with Crippen molar-refractivity contribution < 1.29 is 13.2 Å². The van der Waals surface area contributed by atoms with E-state index in [0.29, 0.717) is 19.3 Å². The van der Waals surface area contributed by atoms with E-state index < -0.39 is 9.84 Å². The third-order valence-electron chi connectivity index (χ3n) is 5.33. The predicted molar refractivity (Wildman–Crippen MR) is 118 cm³/mol. The Morgan fingerprint density at radius 1 is 0.857 bits per heavy atom. The van der Waals surface area contributed by atoms with Crippen molar-refractivity contribution in [3.63, 3.8) is 0 Å². The first-order valence-corrected chi connectivity index (χ1v) is 11.7. The van der Waals surface area contributed by atoms with Crippen LogP contribution in [-0.4, -0.2) is 25.2 Å². The summed E-state index contributed by atoms with van der Waals surface area (Å²) < 4.78 is 23.6. The summed E-state index contributed by atoms with van der Waals surface area (Å²) in [6.45, 7) is 3.43. The van der Waals surface area contributed by atoms with Crippen LogP contribution in [0.3, 0.4) is 0 Å². The molecule has 0 saturated heterocycles. The number of Topliss-reactive ketones (excluding diaryl/α,β-unsaturated/α-hetero) is 1. The van der Waals surface area contributed by atoms with Gasteiger partial charge in [0.05, 0.1) is 11.0 Å². The normalized spacial score (nSPS) is 12.1. The number of ketones is 1. The molecule has 0 N–H and O–H groups in total. The van der Waals surface area contributed by atoms with Crippen molar-refractivity contribution in [3.8, 4) is 0 Å². The second-order valence-electron chi connectivity index (χ2n) is 7.78. The van der Waals surface area contributed by atoms with E-state index in [0.717, 1.165) is 29.2 Å². The smallest absolute Gasteiger partial charge is 0.152 e. The van der Waals surface area contributed by atoms with Gasteiger partial charge in [-0.1, -0.05) is 48.9 Å². The highest BCUT2D eigenvalue weighted by Gasteiger charge is 2.15. The van der Waals surface area contributed by atoms with Gasteiger partial charge >= 0.3 is 0 Å². The van der Waals surface area contributed by atoms with Crippen LogP contribution in [0, 0.1) is 0 Å². The Morgan fingerprint density at radius 3 is 2.25 bits per heavy atom. The van der Waals surface area contributed by atoms with Crippen LogP contribution in [0.5, 0.6) is 0 Å². The van der Waals surface area contributed by atoms with Crippen LogP contribution in [0.25, 0.3) is 21.5 Å². The minimum atomic E-state index is -2.97. The zero-order valence-electron chi connectivity index (χ0n) is 16.6. The van der Waals surface area contributed by atoms with Gasteiger partial charge in [-0.3, -0.25) is 4.79 Å². The van der Waals surface area contributed by atoms with Crippen LogP contribution in [0.1, 0.15) is 45.1 Å². The average Bonchev–Trinajstić information content (AvgIpc) is 2.66. The van der Waals surface area contributed by atoms with Crippen LogP contribution in [0.4, 0.5) is 0 Å². The zero-order chi connectivity index (χ0) is 20.1. The van der Waals surface area contributed by atoms with Gasteiger partial charge in [0.25, 0.3) is 0 Å². The van der Waals surface area contributed by atoms with Crippen LogP contribution in [-0.2, 0) is 21.1 Å². The highest BCUT2D eigenvalue weighted by atomic mass is 32.2. The van der Waals surface area contributed by atoms with Gasteiger partial charge in [-0.15, -0.1) is 0 Å². The number of carbonyl (C=O) groups is 1. The number of rotatable bonds is 9. The summed E-state index contributed by atoms with van der Waals surface area (Å²) in [6, 6.07) is 18.7. The molecule has 4 heteroatoms. The summed E-state index contributed by atoms with van der Waals surface area (Å²) in [7, 11) is -2.97. The predicted octanol–water partition coefficient (Wildman–Crippen LogP) is 5.49. The Balaban J connectivity index is 1.60. The molecule has 0 aliphatic heterocycles. The van der Waals surface area contributed by atoms with E-state index in [1.54, 1.807) is 13.8 Å². The van der Waals surface area contributed by atoms with Gasteiger partial charge in [-0.25, -0.2) is 8.42 Å². The Labute approximate surface area is 167 Å². The number of hydrogen-bond acceptors (Lipinski definition) is 3. The summed E-state index contributed by atoms with van der Waals surface area (Å²) in [5.74, 6) is 0.433. The highest BCUT2D eigenvalue weighted by molar-refractivity contribution is 7.91. The maximum Gasteiger partial charge on any atom is 0.152 e. The van der Waals surface area contributed by atoms with Gasteiger partial charge in [0, 0.05) is 12.8 Å². The maximum absolute atomic E-state index is 12.5. The van der Waals surface area contributed by atoms with E-state index >= 15 is 0 Å². The molecule has 0 aromatic heterocycles. The summed E-state index contributed by atoms with van der Waals surface area (Å²) in [6.07, 6.45) is 3.09. The fourth-order valence-electron chi connectivity index (χ4n) is 3.52. The quantitative estimate of drug-likeness (QED) is 0.355. The summed E-state index contributed by atoms with van der Waals surface area (Å²) in [5, 5.41) is 4.35.